The average Bonchev–Trinajstić information content (AvgIpc) is 2.28. The fraction of sp³-hybridized carbons (Fsp3) is 1.00. The van der Waals surface area contributed by atoms with E-state index in [-0.39, 0.29) is 18.3 Å². The third-order valence-corrected chi connectivity index (χ3v) is 2.76. The highest BCUT2D eigenvalue weighted by Crippen LogP contribution is 2.25. The van der Waals surface area contributed by atoms with Crippen LogP contribution in [0.15, 0.2) is 0 Å². The Hall–Kier alpha value is -0.240. The third-order valence-electron chi connectivity index (χ3n) is 2.76. The molecule has 1 rings (SSSR count). The van der Waals surface area contributed by atoms with E-state index in [1.165, 1.54) is 7.11 Å². The minimum Gasteiger partial charge on any atom is -0.382 e. The molecule has 1 aliphatic heterocycles. The Bertz CT molecular complexity index is 200. The molecule has 0 saturated carbocycles. The van der Waals surface area contributed by atoms with Crippen molar-refractivity contribution in [1.82, 2.24) is 0 Å². The first-order valence-electron chi connectivity index (χ1n) is 5.10. The Morgan fingerprint density at radius 3 is 1.94 bits per heavy atom. The van der Waals surface area contributed by atoms with Crippen LogP contribution in [-0.4, -0.2) is 70.9 Å². The first kappa shape index (κ1) is 13.8. The van der Waals surface area contributed by atoms with Gasteiger partial charge in [-0.15, -0.1) is 0 Å². The summed E-state index contributed by atoms with van der Waals surface area (Å²) in [5.74, 6) is 0. The lowest BCUT2D eigenvalue weighted by molar-refractivity contribution is -0.300. The molecular weight excluding hydrogens is 216 g/mol. The quantitative estimate of drug-likeness (QED) is 0.687. The molecule has 1 saturated heterocycles. The molecule has 6 nitrogen and oxygen atoms in total. The fourth-order valence-corrected chi connectivity index (χ4v) is 2.00. The molecule has 0 aromatic rings. The van der Waals surface area contributed by atoms with Gasteiger partial charge in [0, 0.05) is 28.4 Å². The van der Waals surface area contributed by atoms with Gasteiger partial charge in [-0.1, -0.05) is 0 Å². The Morgan fingerprint density at radius 2 is 1.50 bits per heavy atom. The molecule has 1 aliphatic rings. The highest BCUT2D eigenvalue weighted by molar-refractivity contribution is 4.91. The second-order valence-corrected chi connectivity index (χ2v) is 3.62. The molecule has 0 spiro atoms. The highest BCUT2D eigenvalue weighted by Gasteiger charge is 2.46. The van der Waals surface area contributed by atoms with Crippen LogP contribution in [0.25, 0.3) is 0 Å². The van der Waals surface area contributed by atoms with Crippen LogP contribution in [-0.2, 0) is 23.7 Å². The minimum absolute atomic E-state index is 0.325. The van der Waals surface area contributed by atoms with E-state index in [1.807, 2.05) is 0 Å². The summed E-state index contributed by atoms with van der Waals surface area (Å²) in [6.07, 6.45) is -2.71. The number of aliphatic hydroxyl groups excluding tert-OH is 1. The summed E-state index contributed by atoms with van der Waals surface area (Å²) in [5, 5.41) is 9.74. The summed E-state index contributed by atoms with van der Waals surface area (Å²) in [6.45, 7) is 0.325. The van der Waals surface area contributed by atoms with Crippen molar-refractivity contribution in [1.29, 1.82) is 0 Å². The fourth-order valence-electron chi connectivity index (χ4n) is 2.00. The zero-order valence-corrected chi connectivity index (χ0v) is 10.1. The maximum Gasteiger partial charge on any atom is 0.184 e. The maximum absolute atomic E-state index is 9.74. The Balaban J connectivity index is 2.78. The van der Waals surface area contributed by atoms with Crippen molar-refractivity contribution in [2.24, 2.45) is 0 Å². The molecule has 5 atom stereocenters. The molecule has 16 heavy (non-hydrogen) atoms. The van der Waals surface area contributed by atoms with Crippen molar-refractivity contribution in [2.45, 2.75) is 30.7 Å². The smallest absolute Gasteiger partial charge is 0.184 e. The first-order valence-corrected chi connectivity index (χ1v) is 5.10. The van der Waals surface area contributed by atoms with E-state index in [9.17, 15) is 5.11 Å². The monoisotopic (exact) mass is 236 g/mol. The lowest BCUT2D eigenvalue weighted by atomic mass is 9.98. The van der Waals surface area contributed by atoms with Gasteiger partial charge >= 0.3 is 0 Å². The first-order chi connectivity index (χ1) is 7.69. The van der Waals surface area contributed by atoms with Crippen molar-refractivity contribution in [3.05, 3.63) is 0 Å². The van der Waals surface area contributed by atoms with Crippen molar-refractivity contribution >= 4 is 0 Å². The van der Waals surface area contributed by atoms with E-state index in [1.54, 1.807) is 21.3 Å². The second-order valence-electron chi connectivity index (χ2n) is 3.62. The van der Waals surface area contributed by atoms with Gasteiger partial charge in [-0.05, 0) is 0 Å². The van der Waals surface area contributed by atoms with E-state index in [0.29, 0.717) is 6.61 Å². The Morgan fingerprint density at radius 1 is 0.938 bits per heavy atom. The van der Waals surface area contributed by atoms with Gasteiger partial charge in [0.25, 0.3) is 0 Å². The molecular formula is C10H20O6. The molecule has 1 N–H and O–H groups in total. The Kier molecular flexibility index (Phi) is 5.60. The molecule has 0 aromatic heterocycles. The van der Waals surface area contributed by atoms with Crippen LogP contribution in [0.4, 0.5) is 0 Å². The molecule has 0 aromatic carbocycles. The van der Waals surface area contributed by atoms with Crippen molar-refractivity contribution in [2.75, 3.05) is 35.0 Å². The van der Waals surface area contributed by atoms with E-state index >= 15 is 0 Å². The van der Waals surface area contributed by atoms with Crippen LogP contribution in [0.3, 0.4) is 0 Å². The predicted molar refractivity (Wildman–Crippen MR) is 55.1 cm³/mol. The zero-order valence-electron chi connectivity index (χ0n) is 10.1. The van der Waals surface area contributed by atoms with Gasteiger partial charge in [-0.3, -0.25) is 0 Å². The van der Waals surface area contributed by atoms with Crippen molar-refractivity contribution in [3.63, 3.8) is 0 Å². The van der Waals surface area contributed by atoms with Gasteiger partial charge in [0.2, 0.25) is 0 Å². The van der Waals surface area contributed by atoms with Crippen LogP contribution < -0.4 is 0 Å². The number of hydrogen-bond donors (Lipinski definition) is 1. The predicted octanol–water partition coefficient (Wildman–Crippen LogP) is -0.605. The molecule has 0 amide bonds. The molecule has 96 valence electrons. The number of rotatable bonds is 5. The van der Waals surface area contributed by atoms with Gasteiger partial charge in [0.1, 0.15) is 24.4 Å². The van der Waals surface area contributed by atoms with Gasteiger partial charge in [-0.2, -0.15) is 0 Å². The van der Waals surface area contributed by atoms with Crippen molar-refractivity contribution in [3.8, 4) is 0 Å². The van der Waals surface area contributed by atoms with E-state index in [4.69, 9.17) is 23.7 Å². The van der Waals surface area contributed by atoms with Gasteiger partial charge in [-0.25, -0.2) is 0 Å². The molecule has 1 heterocycles. The SMILES string of the molecule is COC[C@H]1O[C@H](O)[C@@H](OC)[C@@H](OC)[C@@H]1OC. The molecule has 0 bridgehead atoms. The summed E-state index contributed by atoms with van der Waals surface area (Å²) in [5.41, 5.74) is 0. The summed E-state index contributed by atoms with van der Waals surface area (Å²) in [6, 6.07) is 0. The number of ether oxygens (including phenoxy) is 5. The van der Waals surface area contributed by atoms with Crippen LogP contribution in [0.2, 0.25) is 0 Å². The van der Waals surface area contributed by atoms with Gasteiger partial charge in [0.15, 0.2) is 6.29 Å². The molecule has 6 heteroatoms. The average molecular weight is 236 g/mol. The van der Waals surface area contributed by atoms with E-state index < -0.39 is 12.4 Å². The summed E-state index contributed by atoms with van der Waals surface area (Å²) in [7, 11) is 6.16. The van der Waals surface area contributed by atoms with Crippen LogP contribution in [0.1, 0.15) is 0 Å². The van der Waals surface area contributed by atoms with E-state index in [2.05, 4.69) is 0 Å². The topological polar surface area (TPSA) is 66.4 Å². The maximum atomic E-state index is 9.74. The molecule has 0 unspecified atom stereocenters. The van der Waals surface area contributed by atoms with Crippen LogP contribution >= 0.6 is 0 Å². The lowest BCUT2D eigenvalue weighted by Crippen LogP contribution is -2.60. The third kappa shape index (κ3) is 2.71. The van der Waals surface area contributed by atoms with E-state index in [0.717, 1.165) is 0 Å². The molecule has 0 radical (unpaired) electrons. The minimum atomic E-state index is -1.04. The zero-order chi connectivity index (χ0) is 12.1. The van der Waals surface area contributed by atoms with Gasteiger partial charge in [0.05, 0.1) is 6.61 Å². The lowest BCUT2D eigenvalue weighted by Gasteiger charge is -2.42. The highest BCUT2D eigenvalue weighted by atomic mass is 16.7. The number of aliphatic hydroxyl groups is 1. The summed E-state index contributed by atoms with van der Waals surface area (Å²) in [4.78, 5) is 0. The largest absolute Gasteiger partial charge is 0.382 e. The van der Waals surface area contributed by atoms with Crippen molar-refractivity contribution < 1.29 is 28.8 Å². The van der Waals surface area contributed by atoms with Crippen LogP contribution in [0.5, 0.6) is 0 Å². The number of methoxy groups -OCH3 is 4. The second kappa shape index (κ2) is 6.48. The summed E-state index contributed by atoms with van der Waals surface area (Å²) < 4.78 is 26.1. The molecule has 0 aliphatic carbocycles. The van der Waals surface area contributed by atoms with Crippen LogP contribution in [0, 0.1) is 0 Å². The molecule has 1 fully saturated rings. The van der Waals surface area contributed by atoms with Gasteiger partial charge < -0.3 is 28.8 Å². The Labute approximate surface area is 95.4 Å². The standard InChI is InChI=1S/C10H20O6/c1-12-5-6-7(13-2)8(14-3)9(15-4)10(11)16-6/h6-11H,5H2,1-4H3/t6-,7-,8+,9+,10+/m1/s1. The summed E-state index contributed by atoms with van der Waals surface area (Å²) >= 11 is 0. The normalized spacial score (nSPS) is 39.9. The number of hydrogen-bond acceptors (Lipinski definition) is 6.